The molecular formula is C19H32ClIN4O2. The quantitative estimate of drug-likeness (QED) is 0.320. The number of benzene rings is 1. The van der Waals surface area contributed by atoms with Gasteiger partial charge in [0.15, 0.2) is 5.96 Å². The Labute approximate surface area is 185 Å². The van der Waals surface area contributed by atoms with Crippen LogP contribution in [0.3, 0.4) is 0 Å². The molecule has 1 saturated heterocycles. The van der Waals surface area contributed by atoms with Crippen molar-refractivity contribution in [2.75, 3.05) is 46.9 Å². The number of piperidine rings is 1. The molecule has 0 saturated carbocycles. The summed E-state index contributed by atoms with van der Waals surface area (Å²) in [5.74, 6) is 1.64. The number of aliphatic imine (C=N–C) groups is 1. The molecule has 154 valence electrons. The first-order chi connectivity index (χ1) is 12.6. The van der Waals surface area contributed by atoms with Crippen LogP contribution in [0.25, 0.3) is 0 Å². The fourth-order valence-corrected chi connectivity index (χ4v) is 3.06. The Balaban J connectivity index is 0.00000364. The summed E-state index contributed by atoms with van der Waals surface area (Å²) in [7, 11) is 3.55. The maximum absolute atomic E-state index is 5.90. The maximum Gasteiger partial charge on any atom is 0.191 e. The predicted octanol–water partition coefficient (Wildman–Crippen LogP) is 3.00. The van der Waals surface area contributed by atoms with E-state index in [1.54, 1.807) is 14.2 Å². The van der Waals surface area contributed by atoms with Crippen LogP contribution in [-0.2, 0) is 4.74 Å². The summed E-state index contributed by atoms with van der Waals surface area (Å²) in [5.41, 5.74) is 0. The molecule has 1 aliphatic rings. The number of hydrogen-bond acceptors (Lipinski definition) is 4. The third kappa shape index (κ3) is 9.32. The number of rotatable bonds is 8. The van der Waals surface area contributed by atoms with Gasteiger partial charge in [-0.15, -0.1) is 24.0 Å². The van der Waals surface area contributed by atoms with Crippen LogP contribution in [0, 0.1) is 0 Å². The Morgan fingerprint density at radius 2 is 1.96 bits per heavy atom. The fourth-order valence-electron chi connectivity index (χ4n) is 2.94. The maximum atomic E-state index is 5.90. The van der Waals surface area contributed by atoms with E-state index in [1.807, 2.05) is 31.2 Å². The average Bonchev–Trinajstić information content (AvgIpc) is 2.66. The first-order valence-electron chi connectivity index (χ1n) is 9.21. The van der Waals surface area contributed by atoms with Crippen molar-refractivity contribution in [1.29, 1.82) is 0 Å². The van der Waals surface area contributed by atoms with E-state index in [1.165, 1.54) is 0 Å². The molecule has 2 N–H and O–H groups in total. The van der Waals surface area contributed by atoms with Crippen LogP contribution in [0.5, 0.6) is 5.75 Å². The molecule has 8 heteroatoms. The van der Waals surface area contributed by atoms with Crippen molar-refractivity contribution < 1.29 is 9.47 Å². The molecule has 0 radical (unpaired) electrons. The van der Waals surface area contributed by atoms with Crippen molar-refractivity contribution in [3.63, 3.8) is 0 Å². The Hall–Kier alpha value is -0.770. The van der Waals surface area contributed by atoms with Gasteiger partial charge in [0, 0.05) is 44.9 Å². The van der Waals surface area contributed by atoms with Crippen LogP contribution < -0.4 is 15.4 Å². The van der Waals surface area contributed by atoms with E-state index in [-0.39, 0.29) is 30.1 Å². The largest absolute Gasteiger partial charge is 0.489 e. The van der Waals surface area contributed by atoms with Gasteiger partial charge in [-0.1, -0.05) is 11.6 Å². The van der Waals surface area contributed by atoms with Gasteiger partial charge >= 0.3 is 0 Å². The highest BCUT2D eigenvalue weighted by atomic mass is 127. The van der Waals surface area contributed by atoms with Gasteiger partial charge in [-0.05, 0) is 44.0 Å². The second kappa shape index (κ2) is 13.4. The summed E-state index contributed by atoms with van der Waals surface area (Å²) in [6.45, 7) is 6.70. The van der Waals surface area contributed by atoms with Crippen LogP contribution >= 0.6 is 35.6 Å². The van der Waals surface area contributed by atoms with E-state index >= 15 is 0 Å². The molecular weight excluding hydrogens is 479 g/mol. The van der Waals surface area contributed by atoms with Gasteiger partial charge in [0.2, 0.25) is 0 Å². The lowest BCUT2D eigenvalue weighted by Gasteiger charge is -2.33. The number of nitrogens with one attached hydrogen (secondary N) is 2. The monoisotopic (exact) mass is 510 g/mol. The van der Waals surface area contributed by atoms with Crippen molar-refractivity contribution >= 4 is 41.5 Å². The smallest absolute Gasteiger partial charge is 0.191 e. The summed E-state index contributed by atoms with van der Waals surface area (Å²) in [4.78, 5) is 6.77. The van der Waals surface area contributed by atoms with Crippen molar-refractivity contribution in [3.8, 4) is 5.75 Å². The van der Waals surface area contributed by atoms with Crippen molar-refractivity contribution in [3.05, 3.63) is 29.3 Å². The molecule has 2 rings (SSSR count). The number of halogens is 2. The number of hydrogen-bond donors (Lipinski definition) is 2. The minimum atomic E-state index is 0. The number of ether oxygens (including phenoxy) is 2. The first kappa shape index (κ1) is 24.3. The highest BCUT2D eigenvalue weighted by Gasteiger charge is 2.19. The van der Waals surface area contributed by atoms with E-state index in [9.17, 15) is 0 Å². The molecule has 1 unspecified atom stereocenters. The average molecular weight is 511 g/mol. The number of nitrogens with zero attached hydrogens (tertiary/aromatic N) is 2. The number of likely N-dealkylation sites (tertiary alicyclic amines) is 1. The fraction of sp³-hybridized carbons (Fsp3) is 0.632. The Kier molecular flexibility index (Phi) is 12.1. The highest BCUT2D eigenvalue weighted by molar-refractivity contribution is 14.0. The number of methoxy groups -OCH3 is 1. The minimum Gasteiger partial charge on any atom is -0.489 e. The predicted molar refractivity (Wildman–Crippen MR) is 123 cm³/mol. The Bertz CT molecular complexity index is 551. The molecule has 0 aromatic heterocycles. The highest BCUT2D eigenvalue weighted by Crippen LogP contribution is 2.16. The molecule has 1 aromatic rings. The lowest BCUT2D eigenvalue weighted by atomic mass is 10.1. The van der Waals surface area contributed by atoms with Gasteiger partial charge in [0.1, 0.15) is 11.9 Å². The molecule has 0 aliphatic carbocycles. The SMILES string of the molecule is CN=C(NCC(C)Oc1ccc(Cl)cc1)NC1CCN(CCOC)CC1.I. The minimum absolute atomic E-state index is 0. The zero-order valence-corrected chi connectivity index (χ0v) is 19.5. The molecule has 0 bridgehead atoms. The van der Waals surface area contributed by atoms with Gasteiger partial charge in [-0.2, -0.15) is 0 Å². The summed E-state index contributed by atoms with van der Waals surface area (Å²) in [5, 5.41) is 7.57. The van der Waals surface area contributed by atoms with Crippen LogP contribution in [0.15, 0.2) is 29.3 Å². The van der Waals surface area contributed by atoms with Gasteiger partial charge in [0.25, 0.3) is 0 Å². The topological polar surface area (TPSA) is 58.1 Å². The zero-order valence-electron chi connectivity index (χ0n) is 16.4. The molecule has 0 spiro atoms. The zero-order chi connectivity index (χ0) is 18.8. The lowest BCUT2D eigenvalue weighted by molar-refractivity contribution is 0.128. The normalized spacial score (nSPS) is 17.1. The van der Waals surface area contributed by atoms with E-state index < -0.39 is 0 Å². The third-order valence-corrected chi connectivity index (χ3v) is 4.72. The molecule has 0 amide bonds. The van der Waals surface area contributed by atoms with E-state index in [0.717, 1.165) is 50.8 Å². The van der Waals surface area contributed by atoms with Crippen molar-refractivity contribution in [2.24, 2.45) is 4.99 Å². The van der Waals surface area contributed by atoms with Gasteiger partial charge in [-0.3, -0.25) is 4.99 Å². The van der Waals surface area contributed by atoms with Crippen LogP contribution in [-0.4, -0.2) is 69.9 Å². The standard InChI is InChI=1S/C19H31ClN4O2.HI/c1-15(26-18-6-4-16(20)5-7-18)14-22-19(21-2)23-17-8-10-24(11-9-17)12-13-25-3;/h4-7,15,17H,8-14H2,1-3H3,(H2,21,22,23);1H. The van der Waals surface area contributed by atoms with Gasteiger partial charge in [-0.25, -0.2) is 0 Å². The molecule has 27 heavy (non-hydrogen) atoms. The molecule has 1 aliphatic heterocycles. The molecule has 1 aromatic carbocycles. The second-order valence-corrected chi connectivity index (χ2v) is 7.02. The van der Waals surface area contributed by atoms with Crippen LogP contribution in [0.4, 0.5) is 0 Å². The Morgan fingerprint density at radius 3 is 2.56 bits per heavy atom. The van der Waals surface area contributed by atoms with Gasteiger partial charge in [0.05, 0.1) is 13.2 Å². The summed E-state index contributed by atoms with van der Waals surface area (Å²) in [6, 6.07) is 7.87. The Morgan fingerprint density at radius 1 is 1.30 bits per heavy atom. The van der Waals surface area contributed by atoms with Crippen molar-refractivity contribution in [2.45, 2.75) is 31.9 Å². The molecule has 6 nitrogen and oxygen atoms in total. The molecule has 1 heterocycles. The summed E-state index contributed by atoms with van der Waals surface area (Å²) >= 11 is 5.90. The molecule has 1 fully saturated rings. The van der Waals surface area contributed by atoms with Gasteiger partial charge < -0.3 is 25.0 Å². The number of guanidine groups is 1. The van der Waals surface area contributed by atoms with Crippen molar-refractivity contribution in [1.82, 2.24) is 15.5 Å². The first-order valence-corrected chi connectivity index (χ1v) is 9.59. The summed E-state index contributed by atoms with van der Waals surface area (Å²) in [6.07, 6.45) is 2.24. The lowest BCUT2D eigenvalue weighted by Crippen LogP contribution is -2.50. The second-order valence-electron chi connectivity index (χ2n) is 6.59. The van der Waals surface area contributed by atoms with Crippen LogP contribution in [0.1, 0.15) is 19.8 Å². The third-order valence-electron chi connectivity index (χ3n) is 4.47. The summed E-state index contributed by atoms with van der Waals surface area (Å²) < 4.78 is 11.0. The van der Waals surface area contributed by atoms with E-state index in [4.69, 9.17) is 21.1 Å². The molecule has 1 atom stereocenters. The van der Waals surface area contributed by atoms with Crippen LogP contribution in [0.2, 0.25) is 5.02 Å². The van der Waals surface area contributed by atoms with E-state index in [2.05, 4.69) is 20.5 Å². The van der Waals surface area contributed by atoms with E-state index in [0.29, 0.717) is 17.6 Å².